The van der Waals surface area contributed by atoms with Crippen LogP contribution in [-0.2, 0) is 9.16 Å². The van der Waals surface area contributed by atoms with Gasteiger partial charge in [0.2, 0.25) is 0 Å². The van der Waals surface area contributed by atoms with Crippen molar-refractivity contribution in [2.45, 2.75) is 69.6 Å². The average molecular weight is 302 g/mol. The second-order valence-electron chi connectivity index (χ2n) is 6.20. The maximum Gasteiger partial charge on any atom is 0.193 e. The second kappa shape index (κ2) is 6.71. The third-order valence-electron chi connectivity index (χ3n) is 4.58. The summed E-state index contributed by atoms with van der Waals surface area (Å²) >= 11 is 0. The van der Waals surface area contributed by atoms with Crippen LogP contribution >= 0.6 is 0 Å². The second-order valence-corrected chi connectivity index (χ2v) is 10.9. The molecule has 1 aliphatic rings. The highest BCUT2D eigenvalue weighted by molar-refractivity contribution is 6.73. The van der Waals surface area contributed by atoms with Crippen molar-refractivity contribution in [2.24, 2.45) is 0 Å². The van der Waals surface area contributed by atoms with Gasteiger partial charge >= 0.3 is 0 Å². The van der Waals surface area contributed by atoms with Gasteiger partial charge in [-0.1, -0.05) is 26.8 Å². The molecule has 118 valence electrons. The van der Waals surface area contributed by atoms with Gasteiger partial charge < -0.3 is 19.4 Å². The number of epoxide rings is 1. The summed E-state index contributed by atoms with van der Waals surface area (Å²) in [6, 6.07) is 3.20. The number of hydrogen-bond acceptors (Lipinski definition) is 4. The van der Waals surface area contributed by atoms with Crippen molar-refractivity contribution in [3.63, 3.8) is 0 Å². The van der Waals surface area contributed by atoms with Crippen molar-refractivity contribution < 1.29 is 19.4 Å². The Morgan fingerprint density at radius 1 is 1.40 bits per heavy atom. The predicted molar refractivity (Wildman–Crippen MR) is 83.3 cm³/mol. The number of aliphatic hydroxyl groups is 2. The molecular formula is C15H30O4Si. The average Bonchev–Trinajstić information content (AvgIpc) is 3.21. The van der Waals surface area contributed by atoms with Crippen molar-refractivity contribution in [1.82, 2.24) is 0 Å². The summed E-state index contributed by atoms with van der Waals surface area (Å²) in [5.74, 6) is 0. The first kappa shape index (κ1) is 17.8. The highest BCUT2D eigenvalue weighted by Gasteiger charge is 2.55. The van der Waals surface area contributed by atoms with Crippen molar-refractivity contribution in [2.75, 3.05) is 13.2 Å². The fourth-order valence-corrected chi connectivity index (χ4v) is 5.65. The largest absolute Gasteiger partial charge is 0.408 e. The predicted octanol–water partition coefficient (Wildman–Crippen LogP) is 2.47. The van der Waals surface area contributed by atoms with Crippen LogP contribution in [0.25, 0.3) is 0 Å². The monoisotopic (exact) mass is 302 g/mol. The summed E-state index contributed by atoms with van der Waals surface area (Å²) in [5.41, 5.74) is -1.65. The van der Waals surface area contributed by atoms with Gasteiger partial charge in [0.25, 0.3) is 0 Å². The normalized spacial score (nSPS) is 26.9. The Balaban J connectivity index is 2.83. The zero-order valence-electron chi connectivity index (χ0n) is 13.3. The summed E-state index contributed by atoms with van der Waals surface area (Å²) in [6.07, 6.45) is 1.96. The molecule has 4 nitrogen and oxygen atoms in total. The number of hydrogen-bond donors (Lipinski definition) is 2. The lowest BCUT2D eigenvalue weighted by Crippen LogP contribution is -2.48. The fourth-order valence-electron chi connectivity index (χ4n) is 2.80. The summed E-state index contributed by atoms with van der Waals surface area (Å²) < 4.78 is 12.1. The van der Waals surface area contributed by atoms with Gasteiger partial charge in [-0.3, -0.25) is 0 Å². The van der Waals surface area contributed by atoms with E-state index in [1.807, 2.05) is 0 Å². The van der Waals surface area contributed by atoms with Gasteiger partial charge in [0.1, 0.15) is 5.60 Å². The summed E-state index contributed by atoms with van der Waals surface area (Å²) in [7, 11) is -1.75. The Morgan fingerprint density at radius 2 is 1.90 bits per heavy atom. The van der Waals surface area contributed by atoms with Crippen LogP contribution in [0.2, 0.25) is 18.1 Å². The van der Waals surface area contributed by atoms with Crippen molar-refractivity contribution in [1.29, 1.82) is 0 Å². The van der Waals surface area contributed by atoms with E-state index in [1.54, 1.807) is 13.0 Å². The van der Waals surface area contributed by atoms with E-state index >= 15 is 0 Å². The fraction of sp³-hybridized carbons (Fsp3) is 0.867. The first-order valence-electron chi connectivity index (χ1n) is 7.60. The highest BCUT2D eigenvalue weighted by atomic mass is 28.4. The lowest BCUT2D eigenvalue weighted by Gasteiger charge is -2.36. The Morgan fingerprint density at radius 3 is 2.20 bits per heavy atom. The lowest BCUT2D eigenvalue weighted by atomic mass is 9.89. The zero-order chi connectivity index (χ0) is 15.4. The third kappa shape index (κ3) is 3.92. The minimum absolute atomic E-state index is 0.202. The van der Waals surface area contributed by atoms with E-state index in [-0.39, 0.29) is 12.7 Å². The van der Waals surface area contributed by atoms with Crippen LogP contribution in [0.3, 0.4) is 0 Å². The maximum atomic E-state index is 10.1. The molecular weight excluding hydrogens is 272 g/mol. The third-order valence-corrected chi connectivity index (χ3v) is 9.20. The topological polar surface area (TPSA) is 62.2 Å². The highest BCUT2D eigenvalue weighted by Crippen LogP contribution is 2.42. The molecule has 0 aromatic rings. The molecule has 20 heavy (non-hydrogen) atoms. The molecule has 0 saturated carbocycles. The van der Waals surface area contributed by atoms with Crippen LogP contribution in [0, 0.1) is 0 Å². The van der Waals surface area contributed by atoms with Gasteiger partial charge in [-0.2, -0.15) is 0 Å². The zero-order valence-corrected chi connectivity index (χ0v) is 14.3. The van der Waals surface area contributed by atoms with Gasteiger partial charge in [0.15, 0.2) is 8.32 Å². The molecule has 1 heterocycles. The Hall–Kier alpha value is -0.203. The van der Waals surface area contributed by atoms with Gasteiger partial charge in [0, 0.05) is 6.42 Å². The molecule has 1 rings (SSSR count). The van der Waals surface area contributed by atoms with Gasteiger partial charge in [-0.15, -0.1) is 6.58 Å². The van der Waals surface area contributed by atoms with Crippen LogP contribution in [-0.4, -0.2) is 49.1 Å². The molecule has 0 radical (unpaired) electrons. The van der Waals surface area contributed by atoms with Crippen LogP contribution in [0.4, 0.5) is 0 Å². The van der Waals surface area contributed by atoms with E-state index in [1.165, 1.54) is 0 Å². The minimum atomic E-state index is -1.75. The summed E-state index contributed by atoms with van der Waals surface area (Å²) in [6.45, 7) is 12.3. The van der Waals surface area contributed by atoms with E-state index in [9.17, 15) is 10.2 Å². The summed E-state index contributed by atoms with van der Waals surface area (Å²) in [4.78, 5) is 0. The minimum Gasteiger partial charge on any atom is -0.408 e. The van der Waals surface area contributed by atoms with Gasteiger partial charge in [0.05, 0.1) is 24.9 Å². The quantitative estimate of drug-likeness (QED) is 0.370. The SMILES string of the molecule is C=C[C@H](O[Si](CC)(CC)CC)[C@@]1(CC(C)(O)CO)CO1. The number of rotatable bonds is 10. The molecule has 3 atom stereocenters. The number of ether oxygens (including phenoxy) is 1. The van der Waals surface area contributed by atoms with Crippen molar-refractivity contribution >= 4 is 8.32 Å². The summed E-state index contributed by atoms with van der Waals surface area (Å²) in [5, 5.41) is 19.4. The molecule has 2 N–H and O–H groups in total. The first-order valence-corrected chi connectivity index (χ1v) is 10.1. The molecule has 0 bridgehead atoms. The van der Waals surface area contributed by atoms with Crippen molar-refractivity contribution in [3.05, 3.63) is 12.7 Å². The van der Waals surface area contributed by atoms with E-state index in [0.29, 0.717) is 13.0 Å². The standard InChI is InChI=1S/C15H30O4Si/c1-6-13(19-20(7-2,8-3)9-4)15(12-18-15)10-14(5,17)11-16/h6,13,16-17H,1,7-12H2,2-5H3/t13-,14?,15+/m0/s1. The van der Waals surface area contributed by atoms with Crippen molar-refractivity contribution in [3.8, 4) is 0 Å². The molecule has 0 aliphatic carbocycles. The first-order chi connectivity index (χ1) is 9.32. The molecule has 0 aromatic carbocycles. The molecule has 0 spiro atoms. The molecule has 5 heteroatoms. The Bertz CT molecular complexity index is 314. The maximum absolute atomic E-state index is 10.1. The van der Waals surface area contributed by atoms with E-state index in [0.717, 1.165) is 18.1 Å². The van der Waals surface area contributed by atoms with E-state index in [4.69, 9.17) is 9.16 Å². The molecule has 1 saturated heterocycles. The van der Waals surface area contributed by atoms with Gasteiger partial charge in [-0.05, 0) is 25.1 Å². The molecule has 1 aliphatic heterocycles. The van der Waals surface area contributed by atoms with Crippen LogP contribution < -0.4 is 0 Å². The molecule has 0 aromatic heterocycles. The van der Waals surface area contributed by atoms with Gasteiger partial charge in [-0.25, -0.2) is 0 Å². The smallest absolute Gasteiger partial charge is 0.193 e. The molecule has 1 fully saturated rings. The lowest BCUT2D eigenvalue weighted by molar-refractivity contribution is -0.0368. The van der Waals surface area contributed by atoms with E-state index in [2.05, 4.69) is 27.4 Å². The van der Waals surface area contributed by atoms with Crippen LogP contribution in [0.15, 0.2) is 12.7 Å². The Kier molecular flexibility index (Phi) is 5.98. The van der Waals surface area contributed by atoms with Crippen LogP contribution in [0.1, 0.15) is 34.1 Å². The molecule has 0 amide bonds. The number of aliphatic hydroxyl groups excluding tert-OH is 1. The Labute approximate surface area is 123 Å². The van der Waals surface area contributed by atoms with E-state index < -0.39 is 19.5 Å². The molecule has 1 unspecified atom stereocenters. The van der Waals surface area contributed by atoms with Crippen LogP contribution in [0.5, 0.6) is 0 Å².